The molecule has 3 aromatic heterocycles. The number of hydrogen-bond donors (Lipinski definition) is 1. The topological polar surface area (TPSA) is 84.7 Å². The molecule has 4 heterocycles. The van der Waals surface area contributed by atoms with Crippen LogP contribution in [0.5, 0.6) is 0 Å². The highest BCUT2D eigenvalue weighted by Gasteiger charge is 2.23. The minimum Gasteiger partial charge on any atom is -0.307 e. The van der Waals surface area contributed by atoms with Crippen LogP contribution in [0.4, 0.5) is 11.8 Å². The molecule has 1 atom stereocenters. The standard InChI is InChI=1S/C18H22N8/c1-25-15(5-8-23-25)13-26-9-2-4-14(12-26)16-10-22-17(11-21-16)24-18-19-6-3-7-20-18/h3,5-8,10-11,14H,2,4,9,12-13H2,1H3,(H,19,20,22,24). The monoisotopic (exact) mass is 350 g/mol. The fraction of sp³-hybridized carbons (Fsp3) is 0.389. The molecule has 1 aliphatic rings. The highest BCUT2D eigenvalue weighted by molar-refractivity contribution is 5.45. The van der Waals surface area contributed by atoms with Crippen LogP contribution >= 0.6 is 0 Å². The summed E-state index contributed by atoms with van der Waals surface area (Å²) in [5.41, 5.74) is 2.28. The first-order chi connectivity index (χ1) is 12.8. The molecule has 1 N–H and O–H groups in total. The van der Waals surface area contributed by atoms with Crippen molar-refractivity contribution in [2.45, 2.75) is 25.3 Å². The lowest BCUT2D eigenvalue weighted by Crippen LogP contribution is -2.34. The van der Waals surface area contributed by atoms with E-state index in [-0.39, 0.29) is 0 Å². The van der Waals surface area contributed by atoms with E-state index in [1.807, 2.05) is 24.1 Å². The lowest BCUT2D eigenvalue weighted by Gasteiger charge is -2.32. The summed E-state index contributed by atoms with van der Waals surface area (Å²) in [5, 5.41) is 7.32. The Labute approximate surface area is 152 Å². The molecule has 1 aliphatic heterocycles. The lowest BCUT2D eigenvalue weighted by atomic mass is 9.95. The van der Waals surface area contributed by atoms with Crippen LogP contribution in [-0.4, -0.2) is 47.7 Å². The molecule has 8 nitrogen and oxygen atoms in total. The van der Waals surface area contributed by atoms with Gasteiger partial charge in [0.25, 0.3) is 0 Å². The smallest absolute Gasteiger partial charge is 0.228 e. The van der Waals surface area contributed by atoms with Gasteiger partial charge in [-0.25, -0.2) is 15.0 Å². The van der Waals surface area contributed by atoms with Gasteiger partial charge in [0, 0.05) is 44.6 Å². The molecule has 1 saturated heterocycles. The zero-order chi connectivity index (χ0) is 17.8. The van der Waals surface area contributed by atoms with Crippen molar-refractivity contribution in [2.75, 3.05) is 18.4 Å². The van der Waals surface area contributed by atoms with E-state index in [4.69, 9.17) is 0 Å². The molecule has 1 unspecified atom stereocenters. The Morgan fingerprint density at radius 1 is 1.12 bits per heavy atom. The molecule has 134 valence electrons. The maximum absolute atomic E-state index is 4.62. The second-order valence-corrected chi connectivity index (χ2v) is 6.54. The van der Waals surface area contributed by atoms with Crippen LogP contribution in [0.3, 0.4) is 0 Å². The average molecular weight is 350 g/mol. The zero-order valence-corrected chi connectivity index (χ0v) is 14.8. The number of nitrogens with one attached hydrogen (secondary N) is 1. The van der Waals surface area contributed by atoms with Gasteiger partial charge in [0.1, 0.15) is 0 Å². The molecule has 0 aliphatic carbocycles. The molecular formula is C18H22N8. The largest absolute Gasteiger partial charge is 0.307 e. The number of piperidine rings is 1. The van der Waals surface area contributed by atoms with Gasteiger partial charge >= 0.3 is 0 Å². The third-order valence-electron chi connectivity index (χ3n) is 4.71. The lowest BCUT2D eigenvalue weighted by molar-refractivity contribution is 0.194. The van der Waals surface area contributed by atoms with Crippen LogP contribution in [0.15, 0.2) is 43.1 Å². The third-order valence-corrected chi connectivity index (χ3v) is 4.71. The Bertz CT molecular complexity index is 830. The normalized spacial score (nSPS) is 18.0. The Morgan fingerprint density at radius 3 is 2.73 bits per heavy atom. The molecule has 0 bridgehead atoms. The summed E-state index contributed by atoms with van der Waals surface area (Å²) >= 11 is 0. The fourth-order valence-corrected chi connectivity index (χ4v) is 3.32. The third kappa shape index (κ3) is 3.85. The summed E-state index contributed by atoms with van der Waals surface area (Å²) in [6.07, 6.45) is 11.2. The Kier molecular flexibility index (Phi) is 4.83. The Hall–Kier alpha value is -2.87. The molecule has 4 rings (SSSR count). The molecular weight excluding hydrogens is 328 g/mol. The van der Waals surface area contributed by atoms with Crippen molar-refractivity contribution in [3.8, 4) is 0 Å². The molecule has 0 amide bonds. The number of likely N-dealkylation sites (tertiary alicyclic amines) is 1. The molecule has 0 saturated carbocycles. The Morgan fingerprint density at radius 2 is 2.00 bits per heavy atom. The van der Waals surface area contributed by atoms with Crippen LogP contribution in [0.1, 0.15) is 30.1 Å². The highest BCUT2D eigenvalue weighted by Crippen LogP contribution is 2.26. The summed E-state index contributed by atoms with van der Waals surface area (Å²) in [6, 6.07) is 3.86. The van der Waals surface area contributed by atoms with Crippen LogP contribution in [0.2, 0.25) is 0 Å². The summed E-state index contributed by atoms with van der Waals surface area (Å²) in [5.74, 6) is 1.59. The summed E-state index contributed by atoms with van der Waals surface area (Å²) < 4.78 is 1.94. The second kappa shape index (κ2) is 7.57. The first kappa shape index (κ1) is 16.6. The maximum Gasteiger partial charge on any atom is 0.228 e. The minimum absolute atomic E-state index is 0.409. The van der Waals surface area contributed by atoms with Crippen molar-refractivity contribution < 1.29 is 0 Å². The van der Waals surface area contributed by atoms with Crippen LogP contribution in [0, 0.1) is 0 Å². The summed E-state index contributed by atoms with van der Waals surface area (Å²) in [4.78, 5) is 19.8. The predicted octanol–water partition coefficient (Wildman–Crippen LogP) is 2.12. The average Bonchev–Trinajstić information content (AvgIpc) is 3.08. The van der Waals surface area contributed by atoms with Crippen molar-refractivity contribution in [1.29, 1.82) is 0 Å². The molecule has 3 aromatic rings. The molecule has 26 heavy (non-hydrogen) atoms. The van der Waals surface area contributed by atoms with Gasteiger partial charge in [0.2, 0.25) is 5.95 Å². The first-order valence-corrected chi connectivity index (χ1v) is 8.83. The number of aromatic nitrogens is 6. The SMILES string of the molecule is Cn1nccc1CN1CCCC(c2cnc(Nc3ncccn3)cn2)C1. The van der Waals surface area contributed by atoms with E-state index in [1.165, 1.54) is 12.1 Å². The van der Waals surface area contributed by atoms with Gasteiger partial charge in [-0.05, 0) is 31.5 Å². The van der Waals surface area contributed by atoms with E-state index >= 15 is 0 Å². The van der Waals surface area contributed by atoms with Crippen molar-refractivity contribution >= 4 is 11.8 Å². The number of aryl methyl sites for hydroxylation is 1. The summed E-state index contributed by atoms with van der Waals surface area (Å²) in [6.45, 7) is 3.03. The fourth-order valence-electron chi connectivity index (χ4n) is 3.32. The molecule has 0 radical (unpaired) electrons. The molecule has 0 aromatic carbocycles. The van der Waals surface area contributed by atoms with E-state index < -0.39 is 0 Å². The van der Waals surface area contributed by atoms with E-state index in [0.717, 1.165) is 31.7 Å². The minimum atomic E-state index is 0.409. The van der Waals surface area contributed by atoms with Crippen LogP contribution in [-0.2, 0) is 13.6 Å². The predicted molar refractivity (Wildman–Crippen MR) is 97.8 cm³/mol. The van der Waals surface area contributed by atoms with Crippen LogP contribution < -0.4 is 5.32 Å². The molecule has 0 spiro atoms. The molecule has 1 fully saturated rings. The quantitative estimate of drug-likeness (QED) is 0.754. The highest BCUT2D eigenvalue weighted by atomic mass is 15.3. The van der Waals surface area contributed by atoms with Crippen molar-refractivity contribution in [1.82, 2.24) is 34.6 Å². The second-order valence-electron chi connectivity index (χ2n) is 6.54. The van der Waals surface area contributed by atoms with Gasteiger partial charge in [-0.3, -0.25) is 14.6 Å². The van der Waals surface area contributed by atoms with Gasteiger partial charge in [-0.2, -0.15) is 5.10 Å². The van der Waals surface area contributed by atoms with Crippen molar-refractivity contribution in [3.63, 3.8) is 0 Å². The number of nitrogens with zero attached hydrogens (tertiary/aromatic N) is 7. The number of anilines is 2. The van der Waals surface area contributed by atoms with E-state index in [2.05, 4.69) is 41.3 Å². The Balaban J connectivity index is 1.39. The molecule has 8 heteroatoms. The number of rotatable bonds is 5. The summed E-state index contributed by atoms with van der Waals surface area (Å²) in [7, 11) is 1.99. The van der Waals surface area contributed by atoms with Crippen molar-refractivity contribution in [3.05, 3.63) is 54.5 Å². The van der Waals surface area contributed by atoms with Gasteiger partial charge in [-0.15, -0.1) is 0 Å². The van der Waals surface area contributed by atoms with Crippen LogP contribution in [0.25, 0.3) is 0 Å². The first-order valence-electron chi connectivity index (χ1n) is 8.83. The van der Waals surface area contributed by atoms with Gasteiger partial charge in [0.15, 0.2) is 5.82 Å². The van der Waals surface area contributed by atoms with E-state index in [1.54, 1.807) is 24.7 Å². The van der Waals surface area contributed by atoms with Gasteiger partial charge in [-0.1, -0.05) is 0 Å². The van der Waals surface area contributed by atoms with E-state index in [9.17, 15) is 0 Å². The van der Waals surface area contributed by atoms with Gasteiger partial charge in [0.05, 0.1) is 23.8 Å². The maximum atomic E-state index is 4.62. The van der Waals surface area contributed by atoms with Crippen molar-refractivity contribution in [2.24, 2.45) is 7.05 Å². The number of hydrogen-bond acceptors (Lipinski definition) is 7. The zero-order valence-electron chi connectivity index (χ0n) is 14.8. The van der Waals surface area contributed by atoms with E-state index in [0.29, 0.717) is 17.7 Å². The van der Waals surface area contributed by atoms with Gasteiger partial charge < -0.3 is 5.32 Å².